The summed E-state index contributed by atoms with van der Waals surface area (Å²) in [5.74, 6) is -0.187. The molecule has 0 bridgehead atoms. The van der Waals surface area contributed by atoms with Crippen LogP contribution >= 0.6 is 0 Å². The van der Waals surface area contributed by atoms with Gasteiger partial charge in [0, 0.05) is 25.0 Å². The lowest BCUT2D eigenvalue weighted by Crippen LogP contribution is -2.26. The highest BCUT2D eigenvalue weighted by molar-refractivity contribution is 5.91. The Balaban J connectivity index is 2.25. The van der Waals surface area contributed by atoms with E-state index < -0.39 is 0 Å². The van der Waals surface area contributed by atoms with E-state index in [1.54, 1.807) is 0 Å². The normalized spacial score (nSPS) is 12.1. The van der Waals surface area contributed by atoms with Gasteiger partial charge in [-0.25, -0.2) is 4.98 Å². The zero-order valence-corrected chi connectivity index (χ0v) is 8.81. The maximum absolute atomic E-state index is 11.4. The van der Waals surface area contributed by atoms with E-state index in [4.69, 9.17) is 5.73 Å². The molecule has 5 nitrogen and oxygen atoms in total. The molecule has 1 amide bonds. The van der Waals surface area contributed by atoms with Crippen LogP contribution < -0.4 is 11.1 Å². The fourth-order valence-electron chi connectivity index (χ4n) is 1.13. The average molecular weight is 208 g/mol. The molecule has 1 aromatic rings. The molecule has 5 heteroatoms. The van der Waals surface area contributed by atoms with Gasteiger partial charge in [0.2, 0.25) is 0 Å². The fourth-order valence-corrected chi connectivity index (χ4v) is 1.13. The number of rotatable bonds is 5. The Morgan fingerprint density at radius 1 is 1.60 bits per heavy atom. The van der Waals surface area contributed by atoms with Crippen LogP contribution in [0.3, 0.4) is 0 Å². The summed E-state index contributed by atoms with van der Waals surface area (Å²) in [7, 11) is 0. The molecule has 0 aliphatic carbocycles. The second kappa shape index (κ2) is 6.08. The number of amides is 1. The molecule has 1 heterocycles. The minimum Gasteiger partial charge on any atom is -0.351 e. The van der Waals surface area contributed by atoms with Crippen LogP contribution in [-0.4, -0.2) is 28.5 Å². The largest absolute Gasteiger partial charge is 0.351 e. The van der Waals surface area contributed by atoms with Crippen molar-refractivity contribution in [1.29, 1.82) is 0 Å². The molecule has 0 fully saturated rings. The zero-order chi connectivity index (χ0) is 11.1. The van der Waals surface area contributed by atoms with E-state index in [0.717, 1.165) is 12.8 Å². The molecule has 0 unspecified atom stereocenters. The highest BCUT2D eigenvalue weighted by atomic mass is 16.1. The molecule has 0 saturated heterocycles. The molecule has 1 rings (SSSR count). The number of hydrogen-bond donors (Lipinski definition) is 2. The Bertz CT molecular complexity index is 300. The van der Waals surface area contributed by atoms with Gasteiger partial charge in [0.15, 0.2) is 0 Å². The van der Waals surface area contributed by atoms with Crippen molar-refractivity contribution in [2.45, 2.75) is 25.8 Å². The Hall–Kier alpha value is -1.49. The maximum Gasteiger partial charge on any atom is 0.271 e. The van der Waals surface area contributed by atoms with Crippen molar-refractivity contribution >= 4 is 5.91 Å². The molecule has 15 heavy (non-hydrogen) atoms. The van der Waals surface area contributed by atoms with E-state index in [-0.39, 0.29) is 11.9 Å². The van der Waals surface area contributed by atoms with Crippen molar-refractivity contribution < 1.29 is 4.79 Å². The molecule has 0 saturated carbocycles. The van der Waals surface area contributed by atoms with Gasteiger partial charge in [0.05, 0.1) is 6.20 Å². The molecule has 0 radical (unpaired) electrons. The number of nitrogens with one attached hydrogen (secondary N) is 1. The lowest BCUT2D eigenvalue weighted by molar-refractivity contribution is 0.0947. The molecule has 0 aliphatic rings. The topological polar surface area (TPSA) is 80.9 Å². The number of nitrogens with two attached hydrogens (primary N) is 1. The van der Waals surface area contributed by atoms with Crippen LogP contribution in [0.15, 0.2) is 18.6 Å². The second-order valence-corrected chi connectivity index (χ2v) is 3.47. The number of hydrogen-bond acceptors (Lipinski definition) is 4. The molecular weight excluding hydrogens is 192 g/mol. The lowest BCUT2D eigenvalue weighted by Gasteiger charge is -2.05. The first kappa shape index (κ1) is 11.6. The number of carbonyl (C=O) groups is 1. The van der Waals surface area contributed by atoms with Gasteiger partial charge in [-0.1, -0.05) is 0 Å². The molecule has 3 N–H and O–H groups in total. The minimum atomic E-state index is -0.187. The first-order valence-corrected chi connectivity index (χ1v) is 5.00. The van der Waals surface area contributed by atoms with Crippen LogP contribution in [-0.2, 0) is 0 Å². The summed E-state index contributed by atoms with van der Waals surface area (Å²) in [5.41, 5.74) is 5.93. The molecule has 82 valence electrons. The Morgan fingerprint density at radius 2 is 2.40 bits per heavy atom. The van der Waals surface area contributed by atoms with Gasteiger partial charge >= 0.3 is 0 Å². The highest BCUT2D eigenvalue weighted by Crippen LogP contribution is 1.93. The highest BCUT2D eigenvalue weighted by Gasteiger charge is 2.05. The summed E-state index contributed by atoms with van der Waals surface area (Å²) in [6.45, 7) is 2.57. The summed E-state index contributed by atoms with van der Waals surface area (Å²) < 4.78 is 0. The number of carbonyl (C=O) groups excluding carboxylic acids is 1. The van der Waals surface area contributed by atoms with E-state index in [9.17, 15) is 4.79 Å². The smallest absolute Gasteiger partial charge is 0.271 e. The third-order valence-corrected chi connectivity index (χ3v) is 1.92. The van der Waals surface area contributed by atoms with E-state index in [2.05, 4.69) is 15.3 Å². The lowest BCUT2D eigenvalue weighted by atomic mass is 10.2. The predicted octanol–water partition coefficient (Wildman–Crippen LogP) is 0.334. The number of nitrogens with zero attached hydrogens (tertiary/aromatic N) is 2. The molecular formula is C10H16N4O. The summed E-state index contributed by atoms with van der Waals surface area (Å²) in [6, 6.07) is 0.179. The second-order valence-electron chi connectivity index (χ2n) is 3.47. The summed E-state index contributed by atoms with van der Waals surface area (Å²) in [5, 5.41) is 2.76. The third-order valence-electron chi connectivity index (χ3n) is 1.92. The van der Waals surface area contributed by atoms with Crippen molar-refractivity contribution in [1.82, 2.24) is 15.3 Å². The first-order valence-electron chi connectivity index (χ1n) is 5.00. The predicted molar refractivity (Wildman–Crippen MR) is 57.2 cm³/mol. The van der Waals surface area contributed by atoms with Gasteiger partial charge in [0.1, 0.15) is 5.69 Å². The Labute approximate surface area is 89.1 Å². The molecule has 1 atom stereocenters. The fraction of sp³-hybridized carbons (Fsp3) is 0.500. The van der Waals surface area contributed by atoms with Crippen LogP contribution in [0.1, 0.15) is 30.3 Å². The van der Waals surface area contributed by atoms with Crippen molar-refractivity contribution in [3.8, 4) is 0 Å². The van der Waals surface area contributed by atoms with Crippen LogP contribution in [0.2, 0.25) is 0 Å². The quantitative estimate of drug-likeness (QED) is 0.683. The van der Waals surface area contributed by atoms with E-state index in [1.807, 2.05) is 6.92 Å². The van der Waals surface area contributed by atoms with Crippen LogP contribution in [0.5, 0.6) is 0 Å². The Kier molecular flexibility index (Phi) is 4.70. The van der Waals surface area contributed by atoms with Gasteiger partial charge in [-0.3, -0.25) is 9.78 Å². The SMILES string of the molecule is C[C@H](N)CCCNC(=O)c1cnccn1. The molecule has 0 aliphatic heterocycles. The van der Waals surface area contributed by atoms with Crippen LogP contribution in [0.4, 0.5) is 0 Å². The monoisotopic (exact) mass is 208 g/mol. The minimum absolute atomic E-state index is 0.179. The van der Waals surface area contributed by atoms with E-state index >= 15 is 0 Å². The van der Waals surface area contributed by atoms with Gasteiger partial charge < -0.3 is 11.1 Å². The van der Waals surface area contributed by atoms with Crippen molar-refractivity contribution in [2.24, 2.45) is 5.73 Å². The van der Waals surface area contributed by atoms with Gasteiger partial charge in [-0.05, 0) is 19.8 Å². The third kappa shape index (κ3) is 4.51. The summed E-state index contributed by atoms with van der Waals surface area (Å²) in [4.78, 5) is 19.2. The number of aromatic nitrogens is 2. The Morgan fingerprint density at radius 3 is 3.00 bits per heavy atom. The van der Waals surface area contributed by atoms with E-state index in [0.29, 0.717) is 12.2 Å². The van der Waals surface area contributed by atoms with Gasteiger partial charge in [-0.15, -0.1) is 0 Å². The zero-order valence-electron chi connectivity index (χ0n) is 8.81. The summed E-state index contributed by atoms with van der Waals surface area (Å²) in [6.07, 6.45) is 6.26. The first-order chi connectivity index (χ1) is 7.20. The van der Waals surface area contributed by atoms with Crippen molar-refractivity contribution in [3.05, 3.63) is 24.3 Å². The van der Waals surface area contributed by atoms with Crippen LogP contribution in [0, 0.1) is 0 Å². The maximum atomic E-state index is 11.4. The average Bonchev–Trinajstić information content (AvgIpc) is 2.25. The van der Waals surface area contributed by atoms with Crippen molar-refractivity contribution in [2.75, 3.05) is 6.54 Å². The summed E-state index contributed by atoms with van der Waals surface area (Å²) >= 11 is 0. The van der Waals surface area contributed by atoms with Crippen molar-refractivity contribution in [3.63, 3.8) is 0 Å². The van der Waals surface area contributed by atoms with Gasteiger partial charge in [-0.2, -0.15) is 0 Å². The van der Waals surface area contributed by atoms with E-state index in [1.165, 1.54) is 18.6 Å². The molecule has 0 aromatic carbocycles. The van der Waals surface area contributed by atoms with Crippen LogP contribution in [0.25, 0.3) is 0 Å². The molecule has 0 spiro atoms. The van der Waals surface area contributed by atoms with Gasteiger partial charge in [0.25, 0.3) is 5.91 Å². The standard InChI is InChI=1S/C10H16N4O/c1-8(11)3-2-4-14-10(15)9-7-12-5-6-13-9/h5-8H,2-4,11H2,1H3,(H,14,15)/t8-/m0/s1. The molecule has 1 aromatic heterocycles.